The van der Waals surface area contributed by atoms with Crippen LogP contribution in [0.4, 0.5) is 11.4 Å². The van der Waals surface area contributed by atoms with Crippen LogP contribution in [0.25, 0.3) is 6.08 Å². The third-order valence-corrected chi connectivity index (χ3v) is 2.90. The Bertz CT molecular complexity index is 708. The second-order valence-corrected chi connectivity index (χ2v) is 4.37. The number of hydrogen-bond donors (Lipinski definition) is 1. The van der Waals surface area contributed by atoms with Crippen LogP contribution >= 0.6 is 0 Å². The molecular formula is C16H14N2O4. The Labute approximate surface area is 127 Å². The predicted molar refractivity (Wildman–Crippen MR) is 83.8 cm³/mol. The van der Waals surface area contributed by atoms with Gasteiger partial charge >= 0.3 is 0 Å². The number of hydrogen-bond acceptors (Lipinski definition) is 4. The molecule has 2 aromatic carbocycles. The maximum atomic E-state index is 11.9. The Morgan fingerprint density at radius 1 is 1.18 bits per heavy atom. The number of methoxy groups -OCH3 is 1. The van der Waals surface area contributed by atoms with Gasteiger partial charge in [0.2, 0.25) is 5.91 Å². The molecule has 0 aliphatic carbocycles. The van der Waals surface area contributed by atoms with E-state index in [1.165, 1.54) is 25.3 Å². The van der Waals surface area contributed by atoms with Gasteiger partial charge in [0.1, 0.15) is 5.75 Å². The van der Waals surface area contributed by atoms with E-state index in [9.17, 15) is 14.9 Å². The van der Waals surface area contributed by atoms with Crippen LogP contribution in [-0.2, 0) is 4.79 Å². The lowest BCUT2D eigenvalue weighted by molar-refractivity contribution is -0.384. The summed E-state index contributed by atoms with van der Waals surface area (Å²) in [6.45, 7) is 0. The lowest BCUT2D eigenvalue weighted by atomic mass is 10.2. The number of carbonyl (C=O) groups is 1. The van der Waals surface area contributed by atoms with E-state index in [0.29, 0.717) is 17.0 Å². The summed E-state index contributed by atoms with van der Waals surface area (Å²) in [6, 6.07) is 13.0. The number of benzene rings is 2. The fraction of sp³-hybridized carbons (Fsp3) is 0.0625. The largest absolute Gasteiger partial charge is 0.495 e. The molecule has 0 heterocycles. The number of nitrogens with one attached hydrogen (secondary N) is 1. The average molecular weight is 298 g/mol. The molecule has 0 aliphatic rings. The third kappa shape index (κ3) is 3.92. The number of non-ortho nitro benzene ring substituents is 1. The van der Waals surface area contributed by atoms with E-state index in [2.05, 4.69) is 5.32 Å². The van der Waals surface area contributed by atoms with Gasteiger partial charge in [-0.15, -0.1) is 0 Å². The normalized spacial score (nSPS) is 10.4. The van der Waals surface area contributed by atoms with Crippen molar-refractivity contribution in [3.63, 3.8) is 0 Å². The smallest absolute Gasteiger partial charge is 0.269 e. The molecule has 0 aromatic heterocycles. The quantitative estimate of drug-likeness (QED) is 0.522. The van der Waals surface area contributed by atoms with Crippen molar-refractivity contribution in [3.8, 4) is 5.75 Å². The first-order valence-corrected chi connectivity index (χ1v) is 6.46. The molecule has 0 unspecified atom stereocenters. The monoisotopic (exact) mass is 298 g/mol. The van der Waals surface area contributed by atoms with Gasteiger partial charge in [-0.3, -0.25) is 14.9 Å². The zero-order valence-electron chi connectivity index (χ0n) is 11.9. The molecule has 6 nitrogen and oxygen atoms in total. The molecule has 0 bridgehead atoms. The number of nitro groups is 1. The first kappa shape index (κ1) is 15.2. The Morgan fingerprint density at radius 3 is 2.50 bits per heavy atom. The van der Waals surface area contributed by atoms with E-state index in [1.807, 2.05) is 0 Å². The number of rotatable bonds is 5. The van der Waals surface area contributed by atoms with Gasteiger partial charge in [-0.25, -0.2) is 0 Å². The van der Waals surface area contributed by atoms with Crippen LogP contribution in [0, 0.1) is 10.1 Å². The SMILES string of the molecule is COc1ccccc1NC(=O)C=Cc1ccc([N+](=O)[O-])cc1. The van der Waals surface area contributed by atoms with Crippen molar-refractivity contribution in [2.24, 2.45) is 0 Å². The van der Waals surface area contributed by atoms with Gasteiger partial charge in [0.15, 0.2) is 0 Å². The van der Waals surface area contributed by atoms with Crippen LogP contribution in [-0.4, -0.2) is 17.9 Å². The van der Waals surface area contributed by atoms with Crippen LogP contribution in [0.1, 0.15) is 5.56 Å². The molecular weight excluding hydrogens is 284 g/mol. The molecule has 1 amide bonds. The van der Waals surface area contributed by atoms with Crippen molar-refractivity contribution in [1.29, 1.82) is 0 Å². The summed E-state index contributed by atoms with van der Waals surface area (Å²) in [5.41, 5.74) is 1.28. The number of carbonyl (C=O) groups excluding carboxylic acids is 1. The molecule has 112 valence electrons. The lowest BCUT2D eigenvalue weighted by Crippen LogP contribution is -2.08. The highest BCUT2D eigenvalue weighted by atomic mass is 16.6. The van der Waals surface area contributed by atoms with Crippen molar-refractivity contribution < 1.29 is 14.5 Å². The molecule has 0 fully saturated rings. The van der Waals surface area contributed by atoms with E-state index < -0.39 is 4.92 Å². The fourth-order valence-corrected chi connectivity index (χ4v) is 1.80. The first-order chi connectivity index (χ1) is 10.6. The number of nitrogens with zero attached hydrogens (tertiary/aromatic N) is 1. The van der Waals surface area contributed by atoms with Crippen LogP contribution in [0.15, 0.2) is 54.6 Å². The summed E-state index contributed by atoms with van der Waals surface area (Å²) >= 11 is 0. The first-order valence-electron chi connectivity index (χ1n) is 6.46. The molecule has 1 N–H and O–H groups in total. The summed E-state index contributed by atoms with van der Waals surface area (Å²) in [7, 11) is 1.53. The van der Waals surface area contributed by atoms with E-state index in [0.717, 1.165) is 0 Å². The highest BCUT2D eigenvalue weighted by Gasteiger charge is 2.05. The van der Waals surface area contributed by atoms with Crippen LogP contribution in [0.5, 0.6) is 5.75 Å². The van der Waals surface area contributed by atoms with Gasteiger partial charge in [-0.2, -0.15) is 0 Å². The van der Waals surface area contributed by atoms with Crippen LogP contribution in [0.3, 0.4) is 0 Å². The van der Waals surface area contributed by atoms with Gasteiger partial charge in [0, 0.05) is 18.2 Å². The molecule has 0 saturated carbocycles. The maximum absolute atomic E-state index is 11.9. The van der Waals surface area contributed by atoms with Crippen LogP contribution in [0.2, 0.25) is 0 Å². The Kier molecular flexibility index (Phi) is 4.87. The van der Waals surface area contributed by atoms with Crippen molar-refractivity contribution >= 4 is 23.4 Å². The zero-order valence-corrected chi connectivity index (χ0v) is 11.9. The van der Waals surface area contributed by atoms with E-state index >= 15 is 0 Å². The molecule has 2 rings (SSSR count). The molecule has 0 aliphatic heterocycles. The topological polar surface area (TPSA) is 81.5 Å². The standard InChI is InChI=1S/C16H14N2O4/c1-22-15-5-3-2-4-14(15)17-16(19)11-8-12-6-9-13(10-7-12)18(20)21/h2-11H,1H3,(H,17,19). The van der Waals surface area contributed by atoms with Crippen molar-refractivity contribution in [2.45, 2.75) is 0 Å². The zero-order chi connectivity index (χ0) is 15.9. The molecule has 2 aromatic rings. The van der Waals surface area contributed by atoms with Gasteiger partial charge < -0.3 is 10.1 Å². The molecule has 0 saturated heterocycles. The summed E-state index contributed by atoms with van der Waals surface area (Å²) in [4.78, 5) is 22.0. The summed E-state index contributed by atoms with van der Waals surface area (Å²) in [6.07, 6.45) is 2.93. The number of para-hydroxylation sites is 2. The molecule has 6 heteroatoms. The summed E-state index contributed by atoms with van der Waals surface area (Å²) in [5, 5.41) is 13.3. The molecule has 0 spiro atoms. The van der Waals surface area contributed by atoms with Gasteiger partial charge in [0.05, 0.1) is 17.7 Å². The third-order valence-electron chi connectivity index (χ3n) is 2.90. The summed E-state index contributed by atoms with van der Waals surface area (Å²) < 4.78 is 5.14. The number of amides is 1. The minimum Gasteiger partial charge on any atom is -0.495 e. The molecule has 0 atom stereocenters. The minimum atomic E-state index is -0.470. The van der Waals surface area contributed by atoms with Crippen LogP contribution < -0.4 is 10.1 Å². The maximum Gasteiger partial charge on any atom is 0.269 e. The van der Waals surface area contributed by atoms with E-state index in [-0.39, 0.29) is 11.6 Å². The predicted octanol–water partition coefficient (Wildman–Crippen LogP) is 3.26. The van der Waals surface area contributed by atoms with E-state index in [1.54, 1.807) is 42.5 Å². The average Bonchev–Trinajstić information content (AvgIpc) is 2.54. The van der Waals surface area contributed by atoms with Crippen molar-refractivity contribution in [2.75, 3.05) is 12.4 Å². The Hall–Kier alpha value is -3.15. The minimum absolute atomic E-state index is 0.00984. The Balaban J connectivity index is 2.03. The number of nitro benzene ring substituents is 1. The van der Waals surface area contributed by atoms with Crippen molar-refractivity contribution in [3.05, 3.63) is 70.3 Å². The molecule has 0 radical (unpaired) electrons. The number of anilines is 1. The highest BCUT2D eigenvalue weighted by molar-refractivity contribution is 6.02. The second-order valence-electron chi connectivity index (χ2n) is 4.37. The fourth-order valence-electron chi connectivity index (χ4n) is 1.80. The van der Waals surface area contributed by atoms with Gasteiger partial charge in [-0.05, 0) is 35.9 Å². The van der Waals surface area contributed by atoms with Gasteiger partial charge in [-0.1, -0.05) is 12.1 Å². The van der Waals surface area contributed by atoms with Gasteiger partial charge in [0.25, 0.3) is 5.69 Å². The van der Waals surface area contributed by atoms with Crippen molar-refractivity contribution in [1.82, 2.24) is 0 Å². The highest BCUT2D eigenvalue weighted by Crippen LogP contribution is 2.23. The van der Waals surface area contributed by atoms with E-state index in [4.69, 9.17) is 4.74 Å². The second kappa shape index (κ2) is 7.03. The molecule has 22 heavy (non-hydrogen) atoms. The lowest BCUT2D eigenvalue weighted by Gasteiger charge is -2.07. The Morgan fingerprint density at radius 2 is 1.86 bits per heavy atom. The summed E-state index contributed by atoms with van der Waals surface area (Å²) in [5.74, 6) is 0.252. The number of ether oxygens (including phenoxy) is 1.